The van der Waals surface area contributed by atoms with E-state index in [0.717, 1.165) is 44.4 Å². The molecule has 5 heteroatoms. The van der Waals surface area contributed by atoms with Gasteiger partial charge in [-0.3, -0.25) is 4.57 Å². The van der Waals surface area contributed by atoms with Crippen LogP contribution in [0, 0.1) is 0 Å². The van der Waals surface area contributed by atoms with Crippen LogP contribution in [0.2, 0.25) is 0 Å². The number of thiophene rings is 1. The zero-order chi connectivity index (χ0) is 34.6. The van der Waals surface area contributed by atoms with Gasteiger partial charge in [0.1, 0.15) is 0 Å². The molecule has 0 aliphatic heterocycles. The molecule has 0 amide bonds. The van der Waals surface area contributed by atoms with Crippen molar-refractivity contribution >= 4 is 96.8 Å². The molecule has 0 aliphatic carbocycles. The van der Waals surface area contributed by atoms with Gasteiger partial charge in [-0.05, 0) is 65.4 Å². The highest BCUT2D eigenvalue weighted by Gasteiger charge is 2.22. The molecule has 0 N–H and O–H groups in total. The first kappa shape index (κ1) is 28.8. The molecular weight excluding hydrogens is 665 g/mol. The van der Waals surface area contributed by atoms with Crippen LogP contribution >= 0.6 is 11.3 Å². The van der Waals surface area contributed by atoms with Crippen LogP contribution in [0.3, 0.4) is 0 Å². The van der Waals surface area contributed by atoms with Crippen LogP contribution in [0.5, 0.6) is 0 Å². The maximum atomic E-state index is 5.58. The molecule has 0 fully saturated rings. The van der Waals surface area contributed by atoms with Crippen LogP contribution in [0.4, 0.5) is 0 Å². The van der Waals surface area contributed by atoms with E-state index in [1.54, 1.807) is 0 Å². The van der Waals surface area contributed by atoms with Gasteiger partial charge in [0, 0.05) is 58.4 Å². The molecule has 0 spiro atoms. The number of benzene rings is 8. The number of aromatic nitrogens is 4. The molecular formula is C48H28N4S. The smallest absolute Gasteiger partial charge is 0.235 e. The van der Waals surface area contributed by atoms with Crippen LogP contribution in [0.25, 0.3) is 108 Å². The minimum Gasteiger partial charge on any atom is -0.309 e. The van der Waals surface area contributed by atoms with Crippen molar-refractivity contribution in [2.24, 2.45) is 0 Å². The molecule has 0 saturated carbocycles. The fourth-order valence-electron chi connectivity index (χ4n) is 8.66. The van der Waals surface area contributed by atoms with Gasteiger partial charge in [0.05, 0.1) is 33.3 Å². The molecule has 0 aliphatic rings. The summed E-state index contributed by atoms with van der Waals surface area (Å²) in [5.74, 6) is 0.659. The second kappa shape index (κ2) is 10.8. The van der Waals surface area contributed by atoms with Gasteiger partial charge in [-0.15, -0.1) is 11.3 Å². The number of hydrogen-bond donors (Lipinski definition) is 0. The number of nitrogens with zero attached hydrogens (tertiary/aromatic N) is 4. The van der Waals surface area contributed by atoms with Crippen molar-refractivity contribution in [3.05, 3.63) is 170 Å². The van der Waals surface area contributed by atoms with E-state index < -0.39 is 0 Å². The Hall–Kier alpha value is -6.82. The first-order chi connectivity index (χ1) is 26.3. The molecule has 12 rings (SSSR count). The zero-order valence-corrected chi connectivity index (χ0v) is 29.2. The summed E-state index contributed by atoms with van der Waals surface area (Å²) >= 11 is 1.85. The van der Waals surface area contributed by atoms with Crippen LogP contribution in [0.15, 0.2) is 170 Å². The number of hydrogen-bond acceptors (Lipinski definition) is 3. The molecule has 12 aromatic rings. The average molecular weight is 693 g/mol. The third-order valence-electron chi connectivity index (χ3n) is 10.9. The Labute approximate surface area is 307 Å². The van der Waals surface area contributed by atoms with E-state index in [1.807, 2.05) is 11.3 Å². The second-order valence-corrected chi connectivity index (χ2v) is 14.8. The Kier molecular flexibility index (Phi) is 5.90. The molecule has 4 aromatic heterocycles. The van der Waals surface area contributed by atoms with Gasteiger partial charge < -0.3 is 4.57 Å². The van der Waals surface area contributed by atoms with Crippen LogP contribution < -0.4 is 0 Å². The summed E-state index contributed by atoms with van der Waals surface area (Å²) in [4.78, 5) is 10.9. The van der Waals surface area contributed by atoms with E-state index in [-0.39, 0.29) is 0 Å². The van der Waals surface area contributed by atoms with Gasteiger partial charge in [0.15, 0.2) is 0 Å². The van der Waals surface area contributed by atoms with E-state index in [4.69, 9.17) is 9.97 Å². The Morgan fingerprint density at radius 3 is 1.74 bits per heavy atom. The Balaban J connectivity index is 1.21. The van der Waals surface area contributed by atoms with E-state index in [2.05, 4.69) is 179 Å². The molecule has 0 atom stereocenters. The molecule has 0 unspecified atom stereocenters. The predicted molar refractivity (Wildman–Crippen MR) is 224 cm³/mol. The summed E-state index contributed by atoms with van der Waals surface area (Å²) in [6.07, 6.45) is 0. The quantitative estimate of drug-likeness (QED) is 0.185. The third-order valence-corrected chi connectivity index (χ3v) is 12.0. The molecule has 4 nitrogen and oxygen atoms in total. The summed E-state index contributed by atoms with van der Waals surface area (Å²) in [7, 11) is 0. The lowest BCUT2D eigenvalue weighted by Gasteiger charge is -2.14. The molecule has 246 valence electrons. The SMILES string of the molecule is c1ccc(-n2c3ccccc3c3cc4c5ccccc5n(-c5nc(-c6cc7sc8ccccc8c7c7ccccc67)c6ccccc6n5)c4cc32)cc1. The lowest BCUT2D eigenvalue weighted by molar-refractivity contribution is 1.01. The summed E-state index contributed by atoms with van der Waals surface area (Å²) < 4.78 is 7.21. The lowest BCUT2D eigenvalue weighted by Crippen LogP contribution is -2.04. The van der Waals surface area contributed by atoms with E-state index in [0.29, 0.717) is 5.95 Å². The first-order valence-electron chi connectivity index (χ1n) is 17.9. The summed E-state index contributed by atoms with van der Waals surface area (Å²) in [5.41, 5.74) is 8.59. The van der Waals surface area contributed by atoms with Crippen molar-refractivity contribution in [3.8, 4) is 22.9 Å². The zero-order valence-electron chi connectivity index (χ0n) is 28.4. The second-order valence-electron chi connectivity index (χ2n) is 13.8. The highest BCUT2D eigenvalue weighted by atomic mass is 32.1. The average Bonchev–Trinajstić information content (AvgIpc) is 3.87. The maximum absolute atomic E-state index is 5.58. The van der Waals surface area contributed by atoms with Crippen LogP contribution in [0.1, 0.15) is 0 Å². The summed E-state index contributed by atoms with van der Waals surface area (Å²) in [6, 6.07) is 61.1. The topological polar surface area (TPSA) is 35.6 Å². The molecule has 0 saturated heterocycles. The number of rotatable bonds is 3. The predicted octanol–water partition coefficient (Wildman–Crippen LogP) is 13.0. The van der Waals surface area contributed by atoms with Crippen molar-refractivity contribution in [1.29, 1.82) is 0 Å². The van der Waals surface area contributed by atoms with Crippen molar-refractivity contribution in [2.75, 3.05) is 0 Å². The van der Waals surface area contributed by atoms with E-state index in [1.165, 1.54) is 58.0 Å². The van der Waals surface area contributed by atoms with Gasteiger partial charge in [-0.2, -0.15) is 0 Å². The number of para-hydroxylation sites is 4. The Morgan fingerprint density at radius 1 is 0.377 bits per heavy atom. The Morgan fingerprint density at radius 2 is 0.962 bits per heavy atom. The molecule has 0 radical (unpaired) electrons. The van der Waals surface area contributed by atoms with E-state index >= 15 is 0 Å². The summed E-state index contributed by atoms with van der Waals surface area (Å²) in [5, 5.41) is 10.9. The van der Waals surface area contributed by atoms with Crippen LogP contribution in [-0.4, -0.2) is 19.1 Å². The monoisotopic (exact) mass is 692 g/mol. The molecule has 8 aromatic carbocycles. The Bertz CT molecular complexity index is 3460. The first-order valence-corrected chi connectivity index (χ1v) is 18.7. The highest BCUT2D eigenvalue weighted by molar-refractivity contribution is 7.26. The van der Waals surface area contributed by atoms with Crippen molar-refractivity contribution in [1.82, 2.24) is 19.1 Å². The van der Waals surface area contributed by atoms with Gasteiger partial charge >= 0.3 is 0 Å². The highest BCUT2D eigenvalue weighted by Crippen LogP contribution is 2.44. The molecule has 4 heterocycles. The lowest BCUT2D eigenvalue weighted by atomic mass is 9.96. The van der Waals surface area contributed by atoms with E-state index in [9.17, 15) is 0 Å². The minimum absolute atomic E-state index is 0.659. The standard InChI is InChI=1S/C48H28N4S/c1-2-14-29(15-3-1)51-40-23-11-7-17-31(40)36-26-37-32-18-8-12-24-41(32)52(43(37)28-42(36)51)48-49-39-22-10-6-20-34(39)47(50-48)38-27-45-46(33-19-5-4-16-30(33)38)35-21-9-13-25-44(35)53-45/h1-28H. The molecule has 0 bridgehead atoms. The van der Waals surface area contributed by atoms with Gasteiger partial charge in [0.25, 0.3) is 0 Å². The third kappa shape index (κ3) is 4.05. The van der Waals surface area contributed by atoms with Crippen molar-refractivity contribution in [2.45, 2.75) is 0 Å². The summed E-state index contributed by atoms with van der Waals surface area (Å²) in [6.45, 7) is 0. The van der Waals surface area contributed by atoms with Crippen LogP contribution in [-0.2, 0) is 0 Å². The molecule has 53 heavy (non-hydrogen) atoms. The minimum atomic E-state index is 0.659. The fraction of sp³-hybridized carbons (Fsp3) is 0. The van der Waals surface area contributed by atoms with Gasteiger partial charge in [0.2, 0.25) is 5.95 Å². The maximum Gasteiger partial charge on any atom is 0.235 e. The fourth-order valence-corrected chi connectivity index (χ4v) is 9.82. The van der Waals surface area contributed by atoms with Crippen molar-refractivity contribution < 1.29 is 0 Å². The van der Waals surface area contributed by atoms with Crippen molar-refractivity contribution in [3.63, 3.8) is 0 Å². The van der Waals surface area contributed by atoms with Gasteiger partial charge in [-0.25, -0.2) is 9.97 Å². The number of fused-ring (bicyclic) bond motifs is 12. The largest absolute Gasteiger partial charge is 0.309 e. The normalized spacial score (nSPS) is 12.2. The van der Waals surface area contributed by atoms with Gasteiger partial charge in [-0.1, -0.05) is 115 Å².